The Morgan fingerprint density at radius 1 is 1.25 bits per heavy atom. The van der Waals surface area contributed by atoms with Crippen LogP contribution >= 0.6 is 15.9 Å². The number of hydrogen-bond acceptors (Lipinski definition) is 5. The molecule has 0 fully saturated rings. The second-order valence-corrected chi connectivity index (χ2v) is 5.26. The summed E-state index contributed by atoms with van der Waals surface area (Å²) in [5.74, 6) is 2.16. The van der Waals surface area contributed by atoms with Crippen molar-refractivity contribution in [2.24, 2.45) is 0 Å². The first-order valence-corrected chi connectivity index (χ1v) is 7.09. The van der Waals surface area contributed by atoms with E-state index in [1.54, 1.807) is 6.20 Å². The molecule has 3 aromatic rings. The largest absolute Gasteiger partial charge is 0.369 e. The quantitative estimate of drug-likeness (QED) is 0.793. The molecule has 5 nitrogen and oxygen atoms in total. The second kappa shape index (κ2) is 5.58. The van der Waals surface area contributed by atoms with E-state index in [2.05, 4.69) is 36.4 Å². The van der Waals surface area contributed by atoms with E-state index in [1.807, 2.05) is 31.2 Å². The lowest BCUT2D eigenvalue weighted by Gasteiger charge is -2.08. The van der Waals surface area contributed by atoms with Gasteiger partial charge < -0.3 is 9.84 Å². The number of fused-ring (bicyclic) bond motifs is 1. The summed E-state index contributed by atoms with van der Waals surface area (Å²) < 4.78 is 6.14. The Morgan fingerprint density at radius 3 is 2.95 bits per heavy atom. The van der Waals surface area contributed by atoms with E-state index in [0.29, 0.717) is 24.7 Å². The van der Waals surface area contributed by atoms with Gasteiger partial charge >= 0.3 is 0 Å². The van der Waals surface area contributed by atoms with Crippen LogP contribution in [0, 0.1) is 6.92 Å². The van der Waals surface area contributed by atoms with Gasteiger partial charge in [-0.25, -0.2) is 4.98 Å². The normalized spacial score (nSPS) is 10.9. The van der Waals surface area contributed by atoms with Crippen molar-refractivity contribution in [1.29, 1.82) is 0 Å². The fraction of sp³-hybridized carbons (Fsp3) is 0.214. The average Bonchev–Trinajstić information content (AvgIpc) is 2.86. The molecule has 0 spiro atoms. The minimum absolute atomic E-state index is 0.636. The average molecular weight is 333 g/mol. The van der Waals surface area contributed by atoms with E-state index in [4.69, 9.17) is 4.52 Å². The zero-order valence-electron chi connectivity index (χ0n) is 10.9. The van der Waals surface area contributed by atoms with Crippen LogP contribution in [0.1, 0.15) is 11.7 Å². The molecule has 0 saturated heterocycles. The van der Waals surface area contributed by atoms with Crippen molar-refractivity contribution in [3.8, 4) is 0 Å². The standard InChI is InChI=1S/C14H13BrN4O/c1-9-18-13(20-19-9)6-8-17-14-11-3-2-4-12(15)10(11)5-7-16-14/h2-5,7H,6,8H2,1H3,(H,16,17). The third-order valence-corrected chi connectivity index (χ3v) is 3.65. The molecule has 2 heterocycles. The van der Waals surface area contributed by atoms with Gasteiger partial charge in [0.15, 0.2) is 5.82 Å². The maximum absolute atomic E-state index is 5.08. The van der Waals surface area contributed by atoms with Crippen LogP contribution < -0.4 is 5.32 Å². The van der Waals surface area contributed by atoms with Gasteiger partial charge in [0.1, 0.15) is 5.82 Å². The van der Waals surface area contributed by atoms with Gasteiger partial charge in [-0.15, -0.1) is 0 Å². The maximum Gasteiger partial charge on any atom is 0.228 e. The Morgan fingerprint density at radius 2 is 2.15 bits per heavy atom. The van der Waals surface area contributed by atoms with E-state index < -0.39 is 0 Å². The van der Waals surface area contributed by atoms with Gasteiger partial charge in [-0.1, -0.05) is 33.2 Å². The molecule has 1 N–H and O–H groups in total. The molecule has 0 amide bonds. The lowest BCUT2D eigenvalue weighted by molar-refractivity contribution is 0.377. The predicted molar refractivity (Wildman–Crippen MR) is 80.7 cm³/mol. The summed E-state index contributed by atoms with van der Waals surface area (Å²) in [5.41, 5.74) is 0. The molecule has 2 aromatic heterocycles. The topological polar surface area (TPSA) is 63.8 Å². The zero-order chi connectivity index (χ0) is 13.9. The number of nitrogens with one attached hydrogen (secondary N) is 1. The number of pyridine rings is 1. The maximum atomic E-state index is 5.08. The smallest absolute Gasteiger partial charge is 0.228 e. The van der Waals surface area contributed by atoms with Crippen molar-refractivity contribution >= 4 is 32.5 Å². The molecular weight excluding hydrogens is 320 g/mol. The lowest BCUT2D eigenvalue weighted by Crippen LogP contribution is -2.07. The molecule has 0 bridgehead atoms. The molecular formula is C14H13BrN4O. The van der Waals surface area contributed by atoms with E-state index in [1.165, 1.54) is 0 Å². The molecule has 0 unspecified atom stereocenters. The van der Waals surface area contributed by atoms with Gasteiger partial charge in [0.05, 0.1) is 0 Å². The predicted octanol–water partition coefficient (Wildman–Crippen LogP) is 3.34. The molecule has 1 aromatic carbocycles. The summed E-state index contributed by atoms with van der Waals surface area (Å²) in [6, 6.07) is 8.06. The molecule has 0 aliphatic heterocycles. The van der Waals surface area contributed by atoms with E-state index in [-0.39, 0.29) is 0 Å². The molecule has 0 saturated carbocycles. The Hall–Kier alpha value is -1.95. The van der Waals surface area contributed by atoms with Crippen molar-refractivity contribution in [2.75, 3.05) is 11.9 Å². The zero-order valence-corrected chi connectivity index (χ0v) is 12.5. The molecule has 0 radical (unpaired) electrons. The first-order valence-electron chi connectivity index (χ1n) is 6.30. The number of hydrogen-bond donors (Lipinski definition) is 1. The van der Waals surface area contributed by atoms with Crippen LogP contribution in [0.4, 0.5) is 5.82 Å². The van der Waals surface area contributed by atoms with Crippen LogP contribution in [0.25, 0.3) is 10.8 Å². The van der Waals surface area contributed by atoms with Crippen molar-refractivity contribution in [3.05, 3.63) is 46.7 Å². The van der Waals surface area contributed by atoms with E-state index >= 15 is 0 Å². The summed E-state index contributed by atoms with van der Waals surface area (Å²) >= 11 is 3.55. The third-order valence-electron chi connectivity index (χ3n) is 2.95. The van der Waals surface area contributed by atoms with Crippen molar-refractivity contribution in [3.63, 3.8) is 0 Å². The Labute approximate surface area is 124 Å². The van der Waals surface area contributed by atoms with Crippen molar-refractivity contribution in [2.45, 2.75) is 13.3 Å². The van der Waals surface area contributed by atoms with E-state index in [9.17, 15) is 0 Å². The monoisotopic (exact) mass is 332 g/mol. The number of rotatable bonds is 4. The molecule has 0 aliphatic carbocycles. The molecule has 0 atom stereocenters. The highest BCUT2D eigenvalue weighted by atomic mass is 79.9. The molecule has 3 rings (SSSR count). The SMILES string of the molecule is Cc1noc(CCNc2nccc3c(Br)cccc23)n1. The minimum atomic E-state index is 0.636. The van der Waals surface area contributed by atoms with Crippen LogP contribution in [0.2, 0.25) is 0 Å². The summed E-state index contributed by atoms with van der Waals surface area (Å²) in [7, 11) is 0. The summed E-state index contributed by atoms with van der Waals surface area (Å²) in [5, 5.41) is 9.31. The molecule has 102 valence electrons. The van der Waals surface area contributed by atoms with Crippen LogP contribution in [0.15, 0.2) is 39.5 Å². The fourth-order valence-corrected chi connectivity index (χ4v) is 2.54. The van der Waals surface area contributed by atoms with Crippen LogP contribution in [0.5, 0.6) is 0 Å². The van der Waals surface area contributed by atoms with E-state index in [0.717, 1.165) is 21.1 Å². The number of aryl methyl sites for hydroxylation is 1. The third kappa shape index (κ3) is 2.65. The number of halogens is 1. The van der Waals surface area contributed by atoms with Gasteiger partial charge in [-0.05, 0) is 19.1 Å². The number of anilines is 1. The van der Waals surface area contributed by atoms with Gasteiger partial charge in [-0.3, -0.25) is 0 Å². The summed E-state index contributed by atoms with van der Waals surface area (Å²) in [6.45, 7) is 2.50. The van der Waals surface area contributed by atoms with Crippen LogP contribution in [-0.2, 0) is 6.42 Å². The highest BCUT2D eigenvalue weighted by Crippen LogP contribution is 2.27. The second-order valence-electron chi connectivity index (χ2n) is 4.41. The summed E-state index contributed by atoms with van der Waals surface area (Å²) in [4.78, 5) is 8.56. The molecule has 0 aliphatic rings. The molecule has 6 heteroatoms. The van der Waals surface area contributed by atoms with Gasteiger partial charge in [0, 0.05) is 34.4 Å². The Kier molecular flexibility index (Phi) is 3.64. The summed E-state index contributed by atoms with van der Waals surface area (Å²) in [6.07, 6.45) is 2.47. The van der Waals surface area contributed by atoms with Crippen molar-refractivity contribution < 1.29 is 4.52 Å². The Balaban J connectivity index is 1.76. The number of benzene rings is 1. The highest BCUT2D eigenvalue weighted by Gasteiger charge is 2.06. The lowest BCUT2D eigenvalue weighted by atomic mass is 10.1. The Bertz CT molecular complexity index is 741. The first kappa shape index (κ1) is 13.1. The van der Waals surface area contributed by atoms with Gasteiger partial charge in [-0.2, -0.15) is 4.98 Å². The first-order chi connectivity index (χ1) is 9.74. The van der Waals surface area contributed by atoms with Crippen LogP contribution in [0.3, 0.4) is 0 Å². The molecule has 20 heavy (non-hydrogen) atoms. The number of aromatic nitrogens is 3. The van der Waals surface area contributed by atoms with Gasteiger partial charge in [0.25, 0.3) is 0 Å². The van der Waals surface area contributed by atoms with Crippen molar-refractivity contribution in [1.82, 2.24) is 15.1 Å². The minimum Gasteiger partial charge on any atom is -0.369 e. The number of nitrogens with zero attached hydrogens (tertiary/aromatic N) is 3. The van der Waals surface area contributed by atoms with Crippen LogP contribution in [-0.4, -0.2) is 21.7 Å². The van der Waals surface area contributed by atoms with Gasteiger partial charge in [0.2, 0.25) is 5.89 Å². The highest BCUT2D eigenvalue weighted by molar-refractivity contribution is 9.10. The fourth-order valence-electron chi connectivity index (χ4n) is 2.04.